The van der Waals surface area contributed by atoms with Gasteiger partial charge in [0.15, 0.2) is 0 Å². The van der Waals surface area contributed by atoms with Gasteiger partial charge in [-0.05, 0) is 55.7 Å². The lowest BCUT2D eigenvalue weighted by Crippen LogP contribution is -2.37. The summed E-state index contributed by atoms with van der Waals surface area (Å²) in [6.45, 7) is 2.96. The molecule has 1 saturated heterocycles. The number of piperidine rings is 1. The summed E-state index contributed by atoms with van der Waals surface area (Å²) in [5.74, 6) is 2.71. The predicted octanol–water partition coefficient (Wildman–Crippen LogP) is 4.47. The van der Waals surface area contributed by atoms with Crippen molar-refractivity contribution in [1.82, 2.24) is 14.9 Å². The quantitative estimate of drug-likeness (QED) is 0.579. The fourth-order valence-electron chi connectivity index (χ4n) is 4.38. The predicted molar refractivity (Wildman–Crippen MR) is 126 cm³/mol. The summed E-state index contributed by atoms with van der Waals surface area (Å²) in [6, 6.07) is 16.9. The maximum Gasteiger partial charge on any atom is 0.254 e. The molecule has 3 aromatic rings. The number of methoxy groups -OCH3 is 1. The molecule has 0 atom stereocenters. The van der Waals surface area contributed by atoms with E-state index in [-0.39, 0.29) is 5.91 Å². The van der Waals surface area contributed by atoms with Crippen molar-refractivity contribution < 1.29 is 14.3 Å². The summed E-state index contributed by atoms with van der Waals surface area (Å²) >= 11 is 0. The van der Waals surface area contributed by atoms with Gasteiger partial charge in [-0.3, -0.25) is 4.79 Å². The summed E-state index contributed by atoms with van der Waals surface area (Å²) in [4.78, 5) is 27.0. The van der Waals surface area contributed by atoms with Crippen molar-refractivity contribution in [1.29, 1.82) is 0 Å². The highest BCUT2D eigenvalue weighted by Gasteiger charge is 2.28. The lowest BCUT2D eigenvalue weighted by Gasteiger charge is -2.32. The van der Waals surface area contributed by atoms with Crippen LogP contribution in [0.3, 0.4) is 0 Å². The molecule has 1 amide bonds. The number of benzene rings is 2. The van der Waals surface area contributed by atoms with E-state index in [0.717, 1.165) is 54.6 Å². The molecule has 5 rings (SSSR count). The van der Waals surface area contributed by atoms with Crippen molar-refractivity contribution in [2.45, 2.75) is 32.2 Å². The number of para-hydroxylation sites is 1. The van der Waals surface area contributed by atoms with Crippen LogP contribution in [0, 0.1) is 0 Å². The van der Waals surface area contributed by atoms with E-state index in [4.69, 9.17) is 19.4 Å². The van der Waals surface area contributed by atoms with Crippen LogP contribution in [-0.4, -0.2) is 47.5 Å². The van der Waals surface area contributed by atoms with Gasteiger partial charge >= 0.3 is 0 Å². The standard InChI is InChI=1S/C26H28N4O3/c1-32-20-12-10-19(11-13-20)25(31)30-17-14-23-22(18-30)24(33-21-8-4-2-5-9-21)28-26(27-23)29-15-6-3-7-16-29/h2,4-5,8-13H,3,6-7,14-18H2,1H3. The maximum absolute atomic E-state index is 13.2. The third-order valence-electron chi connectivity index (χ3n) is 6.23. The van der Waals surface area contributed by atoms with E-state index >= 15 is 0 Å². The largest absolute Gasteiger partial charge is 0.497 e. The lowest BCUT2D eigenvalue weighted by molar-refractivity contribution is 0.0732. The number of hydrogen-bond donors (Lipinski definition) is 0. The van der Waals surface area contributed by atoms with Crippen LogP contribution < -0.4 is 14.4 Å². The van der Waals surface area contributed by atoms with Gasteiger partial charge in [-0.25, -0.2) is 4.98 Å². The Hall–Kier alpha value is -3.61. The number of rotatable bonds is 5. The monoisotopic (exact) mass is 444 g/mol. The van der Waals surface area contributed by atoms with Gasteiger partial charge in [-0.1, -0.05) is 18.2 Å². The van der Waals surface area contributed by atoms with Gasteiger partial charge in [0, 0.05) is 31.6 Å². The van der Waals surface area contributed by atoms with Crippen molar-refractivity contribution >= 4 is 11.9 Å². The third kappa shape index (κ3) is 4.62. The average molecular weight is 445 g/mol. The Morgan fingerprint density at radius 3 is 2.36 bits per heavy atom. The molecule has 0 saturated carbocycles. The summed E-state index contributed by atoms with van der Waals surface area (Å²) < 4.78 is 11.5. The van der Waals surface area contributed by atoms with E-state index in [0.29, 0.717) is 31.0 Å². The molecule has 170 valence electrons. The minimum Gasteiger partial charge on any atom is -0.497 e. The number of fused-ring (bicyclic) bond motifs is 1. The zero-order valence-electron chi connectivity index (χ0n) is 18.9. The first-order valence-electron chi connectivity index (χ1n) is 11.5. The number of anilines is 1. The van der Waals surface area contributed by atoms with Crippen LogP contribution in [0.1, 0.15) is 40.9 Å². The Labute approximate surface area is 194 Å². The molecule has 2 aliphatic heterocycles. The van der Waals surface area contributed by atoms with E-state index in [1.807, 2.05) is 47.4 Å². The second kappa shape index (κ2) is 9.48. The van der Waals surface area contributed by atoms with Crippen molar-refractivity contribution in [3.63, 3.8) is 0 Å². The zero-order valence-corrected chi connectivity index (χ0v) is 18.9. The van der Waals surface area contributed by atoms with Crippen LogP contribution in [-0.2, 0) is 13.0 Å². The van der Waals surface area contributed by atoms with E-state index in [1.165, 1.54) is 6.42 Å². The molecule has 7 heteroatoms. The molecular formula is C26H28N4O3. The molecule has 2 aromatic carbocycles. The smallest absolute Gasteiger partial charge is 0.254 e. The topological polar surface area (TPSA) is 67.8 Å². The van der Waals surface area contributed by atoms with Crippen molar-refractivity contribution in [3.8, 4) is 17.4 Å². The van der Waals surface area contributed by atoms with E-state index in [2.05, 4.69) is 4.90 Å². The Morgan fingerprint density at radius 1 is 0.879 bits per heavy atom. The molecule has 0 bridgehead atoms. The van der Waals surface area contributed by atoms with E-state index in [1.54, 1.807) is 19.2 Å². The first-order valence-corrected chi connectivity index (χ1v) is 11.5. The number of nitrogens with zero attached hydrogens (tertiary/aromatic N) is 4. The Kier molecular flexibility index (Phi) is 6.11. The molecule has 1 aromatic heterocycles. The van der Waals surface area contributed by atoms with Crippen LogP contribution in [0.4, 0.5) is 5.95 Å². The number of ether oxygens (including phenoxy) is 2. The summed E-state index contributed by atoms with van der Waals surface area (Å²) in [6.07, 6.45) is 4.22. The SMILES string of the molecule is COc1ccc(C(=O)N2CCc3nc(N4CCCCC4)nc(Oc4ccccc4)c3C2)cc1. The molecule has 0 unspecified atom stereocenters. The normalized spacial score (nSPS) is 15.7. The highest BCUT2D eigenvalue weighted by molar-refractivity contribution is 5.94. The Morgan fingerprint density at radius 2 is 1.64 bits per heavy atom. The summed E-state index contributed by atoms with van der Waals surface area (Å²) in [7, 11) is 1.62. The summed E-state index contributed by atoms with van der Waals surface area (Å²) in [5.41, 5.74) is 2.48. The van der Waals surface area contributed by atoms with Crippen molar-refractivity contribution in [2.75, 3.05) is 31.6 Å². The van der Waals surface area contributed by atoms with Crippen molar-refractivity contribution in [3.05, 3.63) is 71.4 Å². The van der Waals surface area contributed by atoms with Crippen LogP contribution in [0.5, 0.6) is 17.4 Å². The molecule has 7 nitrogen and oxygen atoms in total. The minimum atomic E-state index is -0.0194. The maximum atomic E-state index is 13.2. The Balaban J connectivity index is 1.45. The van der Waals surface area contributed by atoms with Gasteiger partial charge in [0.25, 0.3) is 5.91 Å². The molecule has 2 aliphatic rings. The van der Waals surface area contributed by atoms with Crippen LogP contribution in [0.2, 0.25) is 0 Å². The van der Waals surface area contributed by atoms with Crippen LogP contribution in [0.25, 0.3) is 0 Å². The zero-order chi connectivity index (χ0) is 22.6. The van der Waals surface area contributed by atoms with Gasteiger partial charge in [0.05, 0.1) is 24.9 Å². The highest BCUT2D eigenvalue weighted by Crippen LogP contribution is 2.32. The van der Waals surface area contributed by atoms with Gasteiger partial charge in [0.1, 0.15) is 11.5 Å². The van der Waals surface area contributed by atoms with Crippen molar-refractivity contribution in [2.24, 2.45) is 0 Å². The van der Waals surface area contributed by atoms with Gasteiger partial charge < -0.3 is 19.3 Å². The number of carbonyl (C=O) groups is 1. The molecule has 1 fully saturated rings. The molecule has 3 heterocycles. The number of hydrogen-bond acceptors (Lipinski definition) is 6. The first kappa shape index (κ1) is 21.2. The average Bonchev–Trinajstić information content (AvgIpc) is 2.89. The lowest BCUT2D eigenvalue weighted by atomic mass is 10.0. The number of amides is 1. The highest BCUT2D eigenvalue weighted by atomic mass is 16.5. The second-order valence-electron chi connectivity index (χ2n) is 8.42. The van der Waals surface area contributed by atoms with Crippen LogP contribution in [0.15, 0.2) is 54.6 Å². The fraction of sp³-hybridized carbons (Fsp3) is 0.346. The molecular weight excluding hydrogens is 416 g/mol. The van der Waals surface area contributed by atoms with Gasteiger partial charge in [-0.2, -0.15) is 4.98 Å². The van der Waals surface area contributed by atoms with E-state index in [9.17, 15) is 4.79 Å². The van der Waals surface area contributed by atoms with Gasteiger partial charge in [-0.15, -0.1) is 0 Å². The molecule has 0 spiro atoms. The van der Waals surface area contributed by atoms with Crippen LogP contribution >= 0.6 is 0 Å². The molecule has 0 radical (unpaired) electrons. The molecule has 0 N–H and O–H groups in total. The first-order chi connectivity index (χ1) is 16.2. The number of carbonyl (C=O) groups excluding carboxylic acids is 1. The van der Waals surface area contributed by atoms with Gasteiger partial charge in [0.2, 0.25) is 11.8 Å². The Bertz CT molecular complexity index is 1110. The van der Waals surface area contributed by atoms with E-state index < -0.39 is 0 Å². The second-order valence-corrected chi connectivity index (χ2v) is 8.42. The minimum absolute atomic E-state index is 0.0194. The molecule has 33 heavy (non-hydrogen) atoms. The number of aromatic nitrogens is 2. The third-order valence-corrected chi connectivity index (χ3v) is 6.23. The summed E-state index contributed by atoms with van der Waals surface area (Å²) in [5, 5.41) is 0. The fourth-order valence-corrected chi connectivity index (χ4v) is 4.38. The molecule has 0 aliphatic carbocycles.